The number of nitrogens with one attached hydrogen (secondary N) is 1. The molecule has 3 N–H and O–H groups in total. The number of anilines is 2. The first kappa shape index (κ1) is 13.9. The van der Waals surface area contributed by atoms with Crippen LogP contribution in [0.5, 0.6) is 5.75 Å². The van der Waals surface area contributed by atoms with Crippen molar-refractivity contribution in [1.82, 2.24) is 4.98 Å². The third-order valence-electron chi connectivity index (χ3n) is 2.76. The number of carbonyl (C=O) groups excluding carboxylic acids is 1. The average molecular weight is 271 g/mol. The summed E-state index contributed by atoms with van der Waals surface area (Å²) in [6.45, 7) is 4.23. The van der Waals surface area contributed by atoms with Crippen LogP contribution in [0.25, 0.3) is 0 Å². The van der Waals surface area contributed by atoms with Crippen LogP contribution in [-0.2, 0) is 0 Å². The molecule has 0 spiro atoms. The van der Waals surface area contributed by atoms with E-state index in [9.17, 15) is 4.79 Å². The van der Waals surface area contributed by atoms with E-state index in [1.165, 1.54) is 0 Å². The van der Waals surface area contributed by atoms with Crippen LogP contribution in [0.1, 0.15) is 23.0 Å². The van der Waals surface area contributed by atoms with Gasteiger partial charge in [0.2, 0.25) is 0 Å². The van der Waals surface area contributed by atoms with Crippen LogP contribution in [-0.4, -0.2) is 17.5 Å². The smallest absolute Gasteiger partial charge is 0.255 e. The fraction of sp³-hybridized carbons (Fsp3) is 0.200. The van der Waals surface area contributed by atoms with E-state index >= 15 is 0 Å². The van der Waals surface area contributed by atoms with Crippen LogP contribution in [0.4, 0.5) is 11.4 Å². The van der Waals surface area contributed by atoms with Gasteiger partial charge in [-0.3, -0.25) is 9.78 Å². The van der Waals surface area contributed by atoms with Crippen molar-refractivity contribution in [2.75, 3.05) is 17.7 Å². The number of nitrogens with two attached hydrogens (primary N) is 1. The molecule has 1 aromatic carbocycles. The number of nitrogens with zero attached hydrogens (tertiary/aromatic N) is 1. The molecule has 5 nitrogen and oxygen atoms in total. The minimum absolute atomic E-state index is 0.241. The molecule has 5 heteroatoms. The Hall–Kier alpha value is -2.56. The summed E-state index contributed by atoms with van der Waals surface area (Å²) >= 11 is 0. The average Bonchev–Trinajstić information content (AvgIpc) is 2.41. The summed E-state index contributed by atoms with van der Waals surface area (Å²) in [4.78, 5) is 16.4. The molecule has 0 radical (unpaired) electrons. The molecule has 0 atom stereocenters. The second kappa shape index (κ2) is 6.06. The molecule has 0 saturated heterocycles. The van der Waals surface area contributed by atoms with Crippen LogP contribution in [0.15, 0.2) is 36.5 Å². The van der Waals surface area contributed by atoms with Gasteiger partial charge in [0.25, 0.3) is 5.91 Å². The molecule has 0 aliphatic heterocycles. The maximum absolute atomic E-state index is 12.2. The molecule has 1 heterocycles. The van der Waals surface area contributed by atoms with E-state index < -0.39 is 0 Å². The Morgan fingerprint density at radius 2 is 2.20 bits per heavy atom. The first-order valence-electron chi connectivity index (χ1n) is 6.36. The Balaban J connectivity index is 2.23. The highest BCUT2D eigenvalue weighted by atomic mass is 16.5. The van der Waals surface area contributed by atoms with E-state index in [0.29, 0.717) is 29.3 Å². The van der Waals surface area contributed by atoms with E-state index in [0.717, 1.165) is 5.69 Å². The fourth-order valence-electron chi connectivity index (χ4n) is 1.81. The third kappa shape index (κ3) is 3.26. The van der Waals surface area contributed by atoms with Gasteiger partial charge in [0.05, 0.1) is 18.0 Å². The Morgan fingerprint density at radius 1 is 1.40 bits per heavy atom. The summed E-state index contributed by atoms with van der Waals surface area (Å²) < 4.78 is 5.38. The Bertz CT molecular complexity index is 626. The molecule has 104 valence electrons. The van der Waals surface area contributed by atoms with Gasteiger partial charge in [-0.15, -0.1) is 0 Å². The van der Waals surface area contributed by atoms with E-state index in [1.54, 1.807) is 36.5 Å². The van der Waals surface area contributed by atoms with Gasteiger partial charge >= 0.3 is 0 Å². The summed E-state index contributed by atoms with van der Waals surface area (Å²) in [6, 6.07) is 8.55. The van der Waals surface area contributed by atoms with Gasteiger partial charge < -0.3 is 15.8 Å². The molecule has 0 bridgehead atoms. The molecule has 0 unspecified atom stereocenters. The zero-order chi connectivity index (χ0) is 14.5. The summed E-state index contributed by atoms with van der Waals surface area (Å²) in [5.74, 6) is 0.343. The van der Waals surface area contributed by atoms with E-state index in [4.69, 9.17) is 10.5 Å². The van der Waals surface area contributed by atoms with Gasteiger partial charge in [-0.1, -0.05) is 0 Å². The minimum atomic E-state index is -0.241. The minimum Gasteiger partial charge on any atom is -0.494 e. The summed E-state index contributed by atoms with van der Waals surface area (Å²) in [7, 11) is 0. The lowest BCUT2D eigenvalue weighted by Gasteiger charge is -2.10. The second-order valence-electron chi connectivity index (χ2n) is 4.31. The Morgan fingerprint density at radius 3 is 2.90 bits per heavy atom. The SMILES string of the molecule is CCOc1cc(N)cc(C(=O)Nc2cccnc2C)c1. The topological polar surface area (TPSA) is 77.2 Å². The lowest BCUT2D eigenvalue weighted by Crippen LogP contribution is -2.13. The molecule has 0 aliphatic carbocycles. The maximum Gasteiger partial charge on any atom is 0.255 e. The summed E-state index contributed by atoms with van der Waals surface area (Å²) in [5.41, 5.74) is 8.16. The number of hydrogen-bond donors (Lipinski definition) is 2. The van der Waals surface area contributed by atoms with Gasteiger partial charge in [-0.25, -0.2) is 0 Å². The molecule has 20 heavy (non-hydrogen) atoms. The van der Waals surface area contributed by atoms with Crippen molar-refractivity contribution in [3.63, 3.8) is 0 Å². The van der Waals surface area contributed by atoms with Crippen molar-refractivity contribution in [2.24, 2.45) is 0 Å². The highest BCUT2D eigenvalue weighted by Gasteiger charge is 2.10. The predicted molar refractivity (Wildman–Crippen MR) is 79.0 cm³/mol. The maximum atomic E-state index is 12.2. The highest BCUT2D eigenvalue weighted by Crippen LogP contribution is 2.20. The first-order valence-corrected chi connectivity index (χ1v) is 6.36. The standard InChI is InChI=1S/C15H17N3O2/c1-3-20-13-8-11(7-12(16)9-13)15(19)18-14-5-4-6-17-10(14)2/h4-9H,3,16H2,1-2H3,(H,18,19). The monoisotopic (exact) mass is 271 g/mol. The second-order valence-corrected chi connectivity index (χ2v) is 4.31. The van der Waals surface area contributed by atoms with Crippen molar-refractivity contribution in [3.05, 3.63) is 47.8 Å². The normalized spacial score (nSPS) is 10.1. The van der Waals surface area contributed by atoms with Gasteiger partial charge in [0, 0.05) is 23.5 Å². The molecular formula is C15H17N3O2. The Kier molecular flexibility index (Phi) is 4.20. The summed E-state index contributed by atoms with van der Waals surface area (Å²) in [5, 5.41) is 2.81. The first-order chi connectivity index (χ1) is 9.60. The quantitative estimate of drug-likeness (QED) is 0.838. The van der Waals surface area contributed by atoms with Gasteiger partial charge in [-0.05, 0) is 38.1 Å². The molecule has 1 amide bonds. The third-order valence-corrected chi connectivity index (χ3v) is 2.76. The molecule has 0 saturated carbocycles. The highest BCUT2D eigenvalue weighted by molar-refractivity contribution is 6.05. The van der Waals surface area contributed by atoms with E-state index in [2.05, 4.69) is 10.3 Å². The molecule has 2 aromatic rings. The number of carbonyl (C=O) groups is 1. The summed E-state index contributed by atoms with van der Waals surface area (Å²) in [6.07, 6.45) is 1.68. The van der Waals surface area contributed by atoms with Crippen molar-refractivity contribution in [2.45, 2.75) is 13.8 Å². The number of aromatic nitrogens is 1. The van der Waals surface area contributed by atoms with Crippen LogP contribution in [0.3, 0.4) is 0 Å². The Labute approximate surface area is 117 Å². The molecule has 0 fully saturated rings. The molecular weight excluding hydrogens is 254 g/mol. The van der Waals surface area contributed by atoms with Crippen LogP contribution < -0.4 is 15.8 Å². The van der Waals surface area contributed by atoms with E-state index in [-0.39, 0.29) is 5.91 Å². The largest absolute Gasteiger partial charge is 0.494 e. The fourth-order valence-corrected chi connectivity index (χ4v) is 1.81. The molecule has 1 aromatic heterocycles. The lowest BCUT2D eigenvalue weighted by molar-refractivity contribution is 0.102. The number of benzene rings is 1. The number of nitrogen functional groups attached to an aromatic ring is 1. The van der Waals surface area contributed by atoms with Gasteiger partial charge in [0.1, 0.15) is 5.75 Å². The van der Waals surface area contributed by atoms with Crippen molar-refractivity contribution >= 4 is 17.3 Å². The zero-order valence-corrected chi connectivity index (χ0v) is 11.5. The van der Waals surface area contributed by atoms with Gasteiger partial charge in [0.15, 0.2) is 0 Å². The van der Waals surface area contributed by atoms with E-state index in [1.807, 2.05) is 13.8 Å². The van der Waals surface area contributed by atoms with Crippen LogP contribution in [0, 0.1) is 6.92 Å². The van der Waals surface area contributed by atoms with Crippen molar-refractivity contribution in [1.29, 1.82) is 0 Å². The zero-order valence-electron chi connectivity index (χ0n) is 11.5. The number of aryl methyl sites for hydroxylation is 1. The number of amides is 1. The number of hydrogen-bond acceptors (Lipinski definition) is 4. The van der Waals surface area contributed by atoms with Crippen LogP contribution in [0.2, 0.25) is 0 Å². The number of rotatable bonds is 4. The van der Waals surface area contributed by atoms with Crippen molar-refractivity contribution < 1.29 is 9.53 Å². The van der Waals surface area contributed by atoms with Crippen LogP contribution >= 0.6 is 0 Å². The predicted octanol–water partition coefficient (Wildman–Crippen LogP) is 2.62. The number of ether oxygens (including phenoxy) is 1. The number of pyridine rings is 1. The molecule has 2 rings (SSSR count). The van der Waals surface area contributed by atoms with Crippen molar-refractivity contribution in [3.8, 4) is 5.75 Å². The lowest BCUT2D eigenvalue weighted by atomic mass is 10.1. The molecule has 0 aliphatic rings. The van der Waals surface area contributed by atoms with Gasteiger partial charge in [-0.2, -0.15) is 0 Å².